The molecule has 0 saturated carbocycles. The number of ether oxygens (including phenoxy) is 1. The predicted octanol–water partition coefficient (Wildman–Crippen LogP) is 3.68. The highest BCUT2D eigenvalue weighted by atomic mass is 16.5. The van der Waals surface area contributed by atoms with E-state index in [0.717, 1.165) is 16.7 Å². The fourth-order valence-corrected chi connectivity index (χ4v) is 2.53. The third-order valence-corrected chi connectivity index (χ3v) is 3.89. The molecule has 0 spiro atoms. The monoisotopic (exact) mass is 357 g/mol. The minimum absolute atomic E-state index is 0.0341. The summed E-state index contributed by atoms with van der Waals surface area (Å²) in [6.45, 7) is 7.74. The van der Waals surface area contributed by atoms with Crippen LogP contribution in [0.25, 0.3) is 23.1 Å². The van der Waals surface area contributed by atoms with E-state index in [1.54, 1.807) is 12.3 Å². The maximum atomic E-state index is 5.99. The molecule has 0 amide bonds. The predicted molar refractivity (Wildman–Crippen MR) is 109 cm³/mol. The van der Waals surface area contributed by atoms with Crippen molar-refractivity contribution in [1.29, 1.82) is 0 Å². The molecule has 27 heavy (non-hydrogen) atoms. The number of nitrogens with zero attached hydrogens (tertiary/aromatic N) is 3. The summed E-state index contributed by atoms with van der Waals surface area (Å²) >= 11 is 0. The van der Waals surface area contributed by atoms with E-state index in [4.69, 9.17) is 16.3 Å². The number of hydrogen-bond acceptors (Lipinski definition) is 6. The normalized spacial score (nSPS) is 11.0. The lowest BCUT2D eigenvalue weighted by Gasteiger charge is -2.13. The Morgan fingerprint density at radius 3 is 2.48 bits per heavy atom. The Morgan fingerprint density at radius 1 is 1.07 bits per heavy atom. The second kappa shape index (κ2) is 7.97. The van der Waals surface area contributed by atoms with Crippen LogP contribution in [0.4, 0.5) is 5.82 Å². The maximum Gasteiger partial charge on any atom is 0.265 e. The highest BCUT2D eigenvalue weighted by Crippen LogP contribution is 2.24. The molecule has 0 atom stereocenters. The molecule has 0 fully saturated rings. The molecule has 3 rings (SSSR count). The van der Waals surface area contributed by atoms with Crippen LogP contribution in [0.3, 0.4) is 0 Å². The Morgan fingerprint density at radius 2 is 1.78 bits per heavy atom. The van der Waals surface area contributed by atoms with E-state index < -0.39 is 0 Å². The van der Waals surface area contributed by atoms with Gasteiger partial charge in [-0.25, -0.2) is 9.97 Å². The average Bonchev–Trinajstić information content (AvgIpc) is 2.73. The quantitative estimate of drug-likeness (QED) is 0.239. The molecule has 0 saturated heterocycles. The molecule has 0 aliphatic rings. The molecule has 2 aromatic carbocycles. The number of nitrogen functional groups attached to an aromatic ring is 1. The van der Waals surface area contributed by atoms with E-state index in [1.807, 2.05) is 54.6 Å². The highest BCUT2D eigenvalue weighted by molar-refractivity contribution is 5.99. The number of rotatable bonds is 5. The minimum atomic E-state index is 0.0341. The van der Waals surface area contributed by atoms with E-state index in [2.05, 4.69) is 28.2 Å². The maximum absolute atomic E-state index is 5.99. The molecule has 0 aliphatic carbocycles. The van der Waals surface area contributed by atoms with Crippen LogP contribution >= 0.6 is 0 Å². The van der Waals surface area contributed by atoms with Crippen LogP contribution in [-0.2, 0) is 4.74 Å². The van der Waals surface area contributed by atoms with Crippen molar-refractivity contribution in [3.63, 3.8) is 0 Å². The zero-order valence-corrected chi connectivity index (χ0v) is 14.7. The Balaban J connectivity index is 1.97. The summed E-state index contributed by atoms with van der Waals surface area (Å²) in [5.74, 6) is 6.09. The molecule has 1 aromatic heterocycles. The molecule has 1 heterocycles. The molecule has 4 N–H and O–H groups in total. The van der Waals surface area contributed by atoms with Gasteiger partial charge in [-0.15, -0.1) is 5.10 Å². The molecule has 134 valence electrons. The fourth-order valence-electron chi connectivity index (χ4n) is 2.53. The molecule has 0 bridgehead atoms. The van der Waals surface area contributed by atoms with Gasteiger partial charge < -0.3 is 16.3 Å². The van der Waals surface area contributed by atoms with Crippen molar-refractivity contribution in [2.45, 2.75) is 0 Å². The van der Waals surface area contributed by atoms with Crippen LogP contribution in [0, 0.1) is 0 Å². The van der Waals surface area contributed by atoms with Crippen molar-refractivity contribution in [2.24, 2.45) is 10.9 Å². The Kier molecular flexibility index (Phi) is 5.28. The second-order valence-electron chi connectivity index (χ2n) is 5.61. The molecule has 3 aromatic rings. The van der Waals surface area contributed by atoms with Gasteiger partial charge in [-0.3, -0.25) is 0 Å². The van der Waals surface area contributed by atoms with Gasteiger partial charge in [0, 0.05) is 11.1 Å². The first-order valence-electron chi connectivity index (χ1n) is 8.18. The van der Waals surface area contributed by atoms with Crippen molar-refractivity contribution < 1.29 is 4.74 Å². The zero-order chi connectivity index (χ0) is 19.2. The lowest BCUT2D eigenvalue weighted by molar-refractivity contribution is 0.505. The van der Waals surface area contributed by atoms with Crippen LogP contribution < -0.4 is 11.6 Å². The van der Waals surface area contributed by atoms with Gasteiger partial charge in [0.1, 0.15) is 5.76 Å². The number of hydrazone groups is 1. The van der Waals surface area contributed by atoms with Crippen molar-refractivity contribution in [3.05, 3.63) is 90.8 Å². The molecule has 0 aliphatic heterocycles. The number of benzene rings is 2. The third kappa shape index (κ3) is 3.85. The van der Waals surface area contributed by atoms with Crippen molar-refractivity contribution >= 4 is 23.6 Å². The molecule has 0 radical (unpaired) electrons. The first kappa shape index (κ1) is 17.9. The number of anilines is 1. The molecular formula is C21H19N5O. The van der Waals surface area contributed by atoms with Gasteiger partial charge in [0.2, 0.25) is 0 Å². The summed E-state index contributed by atoms with van der Waals surface area (Å²) in [4.78, 5) is 8.77. The van der Waals surface area contributed by atoms with Gasteiger partial charge in [-0.2, -0.15) is 0 Å². The van der Waals surface area contributed by atoms with E-state index in [-0.39, 0.29) is 17.4 Å². The van der Waals surface area contributed by atoms with Crippen LogP contribution in [0.2, 0.25) is 0 Å². The topological polar surface area (TPSA) is 99.4 Å². The first-order chi connectivity index (χ1) is 13.1. The Bertz CT molecular complexity index is 1010. The van der Waals surface area contributed by atoms with Crippen LogP contribution in [0.5, 0.6) is 0 Å². The number of aromatic nitrogens is 2. The van der Waals surface area contributed by atoms with Gasteiger partial charge in [0.25, 0.3) is 5.90 Å². The lowest BCUT2D eigenvalue weighted by atomic mass is 10.0. The SMILES string of the molecule is C=Cc1ccccc1-c1cnc(N)c(/C(=N/N)OC(=C)c2ccccc2)n1. The van der Waals surface area contributed by atoms with E-state index in [1.165, 1.54) is 0 Å². The van der Waals surface area contributed by atoms with Gasteiger partial charge in [-0.05, 0) is 5.56 Å². The summed E-state index contributed by atoms with van der Waals surface area (Å²) < 4.78 is 5.73. The van der Waals surface area contributed by atoms with Gasteiger partial charge >= 0.3 is 0 Å². The van der Waals surface area contributed by atoms with Crippen molar-refractivity contribution in [3.8, 4) is 11.3 Å². The van der Waals surface area contributed by atoms with E-state index in [9.17, 15) is 0 Å². The van der Waals surface area contributed by atoms with Gasteiger partial charge in [0.15, 0.2) is 11.5 Å². The molecular weight excluding hydrogens is 338 g/mol. The average molecular weight is 357 g/mol. The van der Waals surface area contributed by atoms with E-state index in [0.29, 0.717) is 11.5 Å². The van der Waals surface area contributed by atoms with Crippen LogP contribution in [-0.4, -0.2) is 15.9 Å². The van der Waals surface area contributed by atoms with Crippen LogP contribution in [0.15, 0.2) is 79.1 Å². The molecule has 6 nitrogen and oxygen atoms in total. The van der Waals surface area contributed by atoms with Crippen LogP contribution in [0.1, 0.15) is 16.8 Å². The summed E-state index contributed by atoms with van der Waals surface area (Å²) in [6.07, 6.45) is 3.33. The van der Waals surface area contributed by atoms with Gasteiger partial charge in [0.05, 0.1) is 11.9 Å². The number of nitrogens with two attached hydrogens (primary N) is 2. The molecule has 0 unspecified atom stereocenters. The molecule has 6 heteroatoms. The first-order valence-corrected chi connectivity index (χ1v) is 8.18. The number of hydrogen-bond donors (Lipinski definition) is 2. The summed E-state index contributed by atoms with van der Waals surface area (Å²) in [7, 11) is 0. The van der Waals surface area contributed by atoms with Crippen molar-refractivity contribution in [2.75, 3.05) is 5.73 Å². The van der Waals surface area contributed by atoms with Gasteiger partial charge in [-0.1, -0.05) is 73.8 Å². The highest BCUT2D eigenvalue weighted by Gasteiger charge is 2.17. The van der Waals surface area contributed by atoms with E-state index >= 15 is 0 Å². The summed E-state index contributed by atoms with van der Waals surface area (Å²) in [6, 6.07) is 17.1. The smallest absolute Gasteiger partial charge is 0.265 e. The lowest BCUT2D eigenvalue weighted by Crippen LogP contribution is -2.15. The Labute approximate surface area is 157 Å². The largest absolute Gasteiger partial charge is 0.436 e. The Hall–Kier alpha value is -3.93. The van der Waals surface area contributed by atoms with Crippen molar-refractivity contribution in [1.82, 2.24) is 9.97 Å². The summed E-state index contributed by atoms with van der Waals surface area (Å²) in [5, 5.41) is 3.69. The fraction of sp³-hybridized carbons (Fsp3) is 0. The standard InChI is InChI=1S/C21H19N5O/c1-3-15-9-7-8-12-17(15)18-13-24-20(22)19(25-18)21(26-23)27-14(2)16-10-5-4-6-11-16/h3-13H,1-2,23H2,(H2,22,24)/b26-21-. The zero-order valence-electron chi connectivity index (χ0n) is 14.7. The second-order valence-corrected chi connectivity index (χ2v) is 5.61. The minimum Gasteiger partial charge on any atom is -0.436 e. The third-order valence-electron chi connectivity index (χ3n) is 3.89. The summed E-state index contributed by atoms with van der Waals surface area (Å²) in [5.41, 5.74) is 9.40.